The Balaban J connectivity index is 1.91. The summed E-state index contributed by atoms with van der Waals surface area (Å²) in [7, 11) is 0. The molecule has 4 nitrogen and oxygen atoms in total. The Morgan fingerprint density at radius 1 is 0.967 bits per heavy atom. The van der Waals surface area contributed by atoms with Gasteiger partial charge in [0.15, 0.2) is 23.3 Å². The second kappa shape index (κ2) is 6.83. The minimum atomic E-state index is -1.57. The van der Waals surface area contributed by atoms with Crippen molar-refractivity contribution in [2.24, 2.45) is 4.99 Å². The van der Waals surface area contributed by atoms with Crippen molar-refractivity contribution in [1.82, 2.24) is 4.57 Å². The van der Waals surface area contributed by atoms with E-state index in [9.17, 15) is 27.5 Å². The third-order valence-corrected chi connectivity index (χ3v) is 5.22. The third kappa shape index (κ3) is 2.82. The van der Waals surface area contributed by atoms with Crippen LogP contribution in [0.5, 0.6) is 0 Å². The van der Waals surface area contributed by atoms with E-state index in [-0.39, 0.29) is 28.9 Å². The van der Waals surface area contributed by atoms with E-state index < -0.39 is 40.5 Å². The van der Waals surface area contributed by atoms with Crippen molar-refractivity contribution in [3.05, 3.63) is 81.2 Å². The number of carboxylic acid groups (broad SMARTS) is 1. The van der Waals surface area contributed by atoms with Crippen molar-refractivity contribution in [2.45, 2.75) is 27.2 Å². The number of carbonyl (C=O) groups is 1. The quantitative estimate of drug-likeness (QED) is 0.463. The highest BCUT2D eigenvalue weighted by Crippen LogP contribution is 2.36. The van der Waals surface area contributed by atoms with Crippen LogP contribution in [0.3, 0.4) is 0 Å². The molecule has 2 aromatic carbocycles. The lowest BCUT2D eigenvalue weighted by Crippen LogP contribution is -2.16. The number of aromatic carboxylic acids is 1. The van der Waals surface area contributed by atoms with Crippen LogP contribution < -0.4 is 0 Å². The van der Waals surface area contributed by atoms with Gasteiger partial charge in [-0.1, -0.05) is 0 Å². The number of hydrogen-bond acceptors (Lipinski definition) is 2. The molecule has 0 atom stereocenters. The molecule has 30 heavy (non-hydrogen) atoms. The van der Waals surface area contributed by atoms with Gasteiger partial charge in [0.1, 0.15) is 5.69 Å². The summed E-state index contributed by atoms with van der Waals surface area (Å²) in [6.45, 7) is 4.77. The topological polar surface area (TPSA) is 54.6 Å². The van der Waals surface area contributed by atoms with Gasteiger partial charge in [-0.3, -0.25) is 4.99 Å². The lowest BCUT2D eigenvalue weighted by Gasteiger charge is -2.15. The number of aromatic nitrogens is 1. The summed E-state index contributed by atoms with van der Waals surface area (Å²) in [5.41, 5.74) is -0.254. The van der Waals surface area contributed by atoms with Gasteiger partial charge in [0, 0.05) is 17.8 Å². The van der Waals surface area contributed by atoms with E-state index in [2.05, 4.69) is 4.99 Å². The fourth-order valence-electron chi connectivity index (χ4n) is 3.86. The highest BCUT2D eigenvalue weighted by molar-refractivity contribution is 6.09. The molecule has 0 bridgehead atoms. The standard InChI is InChI=1S/C22H16F4N2O2/c1-9-6-13(22(29)30)12-8-15(27-14(12)7-9)16-17(23)19(25)21(20(26)18(16)24)28-10(2)4-5-11(28)3/h4-7H,8H2,1-3H3,(H,29,30). The van der Waals surface area contributed by atoms with E-state index in [0.717, 1.165) is 4.57 Å². The van der Waals surface area contributed by atoms with Gasteiger partial charge in [0.05, 0.1) is 22.5 Å². The van der Waals surface area contributed by atoms with Crippen molar-refractivity contribution < 1.29 is 27.5 Å². The molecular weight excluding hydrogens is 400 g/mol. The molecule has 1 aliphatic rings. The zero-order valence-electron chi connectivity index (χ0n) is 16.3. The normalized spacial score (nSPS) is 12.8. The molecule has 0 radical (unpaired) electrons. The summed E-state index contributed by atoms with van der Waals surface area (Å²) in [6, 6.07) is 6.11. The van der Waals surface area contributed by atoms with E-state index >= 15 is 0 Å². The summed E-state index contributed by atoms with van der Waals surface area (Å²) >= 11 is 0. The van der Waals surface area contributed by atoms with Crippen LogP contribution in [-0.2, 0) is 6.42 Å². The summed E-state index contributed by atoms with van der Waals surface area (Å²) in [5, 5.41) is 9.40. The third-order valence-electron chi connectivity index (χ3n) is 5.22. The van der Waals surface area contributed by atoms with Gasteiger partial charge in [0.2, 0.25) is 0 Å². The second-order valence-electron chi connectivity index (χ2n) is 7.28. The molecule has 3 aromatic rings. The number of carboxylic acids is 1. The molecule has 1 N–H and O–H groups in total. The van der Waals surface area contributed by atoms with Gasteiger partial charge >= 0.3 is 5.97 Å². The first-order chi connectivity index (χ1) is 14.1. The summed E-state index contributed by atoms with van der Waals surface area (Å²) < 4.78 is 60.9. The number of aryl methyl sites for hydroxylation is 3. The number of aliphatic imine (C=N–C) groups is 1. The number of benzene rings is 2. The average Bonchev–Trinajstić information content (AvgIpc) is 3.23. The zero-order chi connectivity index (χ0) is 21.9. The average molecular weight is 416 g/mol. The van der Waals surface area contributed by atoms with Crippen LogP contribution in [0, 0.1) is 44.0 Å². The Kier molecular flexibility index (Phi) is 4.52. The molecule has 0 spiro atoms. The van der Waals surface area contributed by atoms with Crippen LogP contribution in [0.25, 0.3) is 5.69 Å². The molecule has 0 amide bonds. The molecule has 0 saturated heterocycles. The van der Waals surface area contributed by atoms with Crippen LogP contribution >= 0.6 is 0 Å². The van der Waals surface area contributed by atoms with Crippen LogP contribution in [0.2, 0.25) is 0 Å². The van der Waals surface area contributed by atoms with Gasteiger partial charge < -0.3 is 9.67 Å². The van der Waals surface area contributed by atoms with Crippen molar-refractivity contribution in [3.63, 3.8) is 0 Å². The van der Waals surface area contributed by atoms with Crippen molar-refractivity contribution in [1.29, 1.82) is 0 Å². The molecule has 1 aliphatic heterocycles. The Hall–Kier alpha value is -3.42. The van der Waals surface area contributed by atoms with Gasteiger partial charge in [-0.25, -0.2) is 22.4 Å². The van der Waals surface area contributed by atoms with Gasteiger partial charge in [0.25, 0.3) is 0 Å². The smallest absolute Gasteiger partial charge is 0.336 e. The second-order valence-corrected chi connectivity index (χ2v) is 7.28. The fourth-order valence-corrected chi connectivity index (χ4v) is 3.86. The molecule has 2 heterocycles. The highest BCUT2D eigenvalue weighted by Gasteiger charge is 2.33. The van der Waals surface area contributed by atoms with E-state index in [1.165, 1.54) is 6.07 Å². The van der Waals surface area contributed by atoms with Gasteiger partial charge in [-0.2, -0.15) is 0 Å². The predicted octanol–water partition coefficient (Wildman–Crippen LogP) is 5.33. The fraction of sp³-hybridized carbons (Fsp3) is 0.182. The van der Waals surface area contributed by atoms with Crippen LogP contribution in [-0.4, -0.2) is 21.4 Å². The maximum Gasteiger partial charge on any atom is 0.336 e. The molecule has 0 saturated carbocycles. The molecule has 1 aromatic heterocycles. The number of halogens is 4. The molecular formula is C22H16F4N2O2. The summed E-state index contributed by atoms with van der Waals surface area (Å²) in [6.07, 6.45) is -0.259. The lowest BCUT2D eigenvalue weighted by atomic mass is 9.97. The highest BCUT2D eigenvalue weighted by atomic mass is 19.2. The van der Waals surface area contributed by atoms with Crippen LogP contribution in [0.4, 0.5) is 23.2 Å². The van der Waals surface area contributed by atoms with E-state index in [4.69, 9.17) is 0 Å². The van der Waals surface area contributed by atoms with Gasteiger partial charge in [-0.05, 0) is 56.2 Å². The molecule has 154 valence electrons. The minimum Gasteiger partial charge on any atom is -0.478 e. The molecule has 0 aliphatic carbocycles. The Morgan fingerprint density at radius 3 is 2.07 bits per heavy atom. The van der Waals surface area contributed by atoms with Crippen molar-refractivity contribution in [2.75, 3.05) is 0 Å². The first-order valence-corrected chi connectivity index (χ1v) is 9.07. The number of hydrogen-bond donors (Lipinski definition) is 1. The van der Waals surface area contributed by atoms with E-state index in [0.29, 0.717) is 17.0 Å². The Morgan fingerprint density at radius 2 is 1.53 bits per heavy atom. The molecule has 4 rings (SSSR count). The first kappa shape index (κ1) is 19.9. The van der Waals surface area contributed by atoms with Crippen molar-refractivity contribution >= 4 is 17.4 Å². The molecule has 0 fully saturated rings. The summed E-state index contributed by atoms with van der Waals surface area (Å²) in [5.74, 6) is -7.45. The first-order valence-electron chi connectivity index (χ1n) is 9.07. The number of nitrogens with zero attached hydrogens (tertiary/aromatic N) is 2. The van der Waals surface area contributed by atoms with E-state index in [1.54, 1.807) is 39.0 Å². The Labute approximate surface area is 169 Å². The van der Waals surface area contributed by atoms with E-state index in [1.807, 2.05) is 0 Å². The zero-order valence-corrected chi connectivity index (χ0v) is 16.3. The maximum absolute atomic E-state index is 15.0. The van der Waals surface area contributed by atoms with Crippen molar-refractivity contribution in [3.8, 4) is 5.69 Å². The largest absolute Gasteiger partial charge is 0.478 e. The maximum atomic E-state index is 15.0. The van der Waals surface area contributed by atoms with Crippen LogP contribution in [0.15, 0.2) is 29.3 Å². The monoisotopic (exact) mass is 416 g/mol. The lowest BCUT2D eigenvalue weighted by molar-refractivity contribution is 0.0696. The molecule has 8 heteroatoms. The Bertz CT molecular complexity index is 1230. The van der Waals surface area contributed by atoms with Gasteiger partial charge in [-0.15, -0.1) is 0 Å². The van der Waals surface area contributed by atoms with Crippen LogP contribution in [0.1, 0.15) is 38.4 Å². The number of rotatable bonds is 3. The molecule has 0 unspecified atom stereocenters. The predicted molar refractivity (Wildman–Crippen MR) is 103 cm³/mol. The summed E-state index contributed by atoms with van der Waals surface area (Å²) in [4.78, 5) is 15.6. The minimum absolute atomic E-state index is 0.0688. The SMILES string of the molecule is Cc1cc2c(c(C(=O)O)c1)CC(c1c(F)c(F)c(-n3c(C)ccc3C)c(F)c1F)=N2. The number of fused-ring (bicyclic) bond motifs is 1.